The maximum atomic E-state index is 18.9. The second-order valence-corrected chi connectivity index (χ2v) is 25.7. The molecule has 4 aromatic carbocycles. The van der Waals surface area contributed by atoms with Gasteiger partial charge in [-0.2, -0.15) is 0 Å². The maximum absolute atomic E-state index is 18.9. The van der Waals surface area contributed by atoms with Crippen LogP contribution >= 0.6 is 70.6 Å². The number of thiocarbonyl (C=S) groups is 2. The lowest BCUT2D eigenvalue weighted by molar-refractivity contribution is -0.316. The summed E-state index contributed by atoms with van der Waals surface area (Å²) >= 11 is 16.0. The highest BCUT2D eigenvalue weighted by Crippen LogP contribution is 2.50. The molecule has 2 amide bonds. The number of nitrogens with zero attached hydrogens (tertiary/aromatic N) is 4. The molecular weight excluding hydrogens is 1130 g/mol. The topological polar surface area (TPSA) is 123 Å². The molecule has 19 heteroatoms. The molecule has 2 N–H and O–H groups in total. The summed E-state index contributed by atoms with van der Waals surface area (Å²) in [6, 6.07) is 34.9. The molecule has 2 fully saturated rings. The number of aliphatic carboxylic acids is 2. The predicted octanol–water partition coefficient (Wildman–Crippen LogP) is 15.2. The first-order valence-corrected chi connectivity index (χ1v) is 30.8. The number of amides is 2. The van der Waals surface area contributed by atoms with Crippen LogP contribution in [0.15, 0.2) is 119 Å². The van der Waals surface area contributed by atoms with Crippen LogP contribution in [0, 0.1) is 0 Å². The minimum atomic E-state index is -4.61. The van der Waals surface area contributed by atoms with Crippen molar-refractivity contribution < 1.29 is 42.5 Å². The molecule has 406 valence electrons. The Bertz CT molecular complexity index is 3860. The molecule has 80 heavy (non-hydrogen) atoms. The number of rotatable bonds is 20. The monoisotopic (exact) mass is 1180 g/mol. The molecule has 0 bridgehead atoms. The largest absolute Gasteiger partial charge is 0.737 e. The number of fused-ring (bicyclic) bond motifs is 6. The van der Waals surface area contributed by atoms with Gasteiger partial charge in [-0.15, -0.1) is 22.7 Å². The first-order chi connectivity index (χ1) is 38.6. The van der Waals surface area contributed by atoms with E-state index in [1.165, 1.54) is 31.6 Å². The molecule has 0 radical (unpaired) electrons. The van der Waals surface area contributed by atoms with E-state index in [0.29, 0.717) is 65.6 Å². The zero-order valence-corrected chi connectivity index (χ0v) is 48.6. The standard InChI is InChI=1S/C61H53BF2N4O6S6/c1-3-5-7-11-21-38-27-42(31-50-58(73)65(34-52(69)70)60(75)79-50)77-56(38)40-23-25-44-46(29-40)48-33-49-47-30-41(57-39(22-12-8-6-4-2)28-43(78-57)32-51-59(74)66(35-53(71)72)61(76)80-51)24-26-45(47)55(37-19-15-10-16-20-37)68(49)62(63,64)67(48)54(44)36-17-13-9-14-18-36/h9-10,13-20,23-33H,3-8,11-12,21-22,34-35H2,1-2H3,(H,69,70)(H,71,72)/b50-31-,51-32+. The smallest absolute Gasteiger partial charge is 0.480 e. The number of thiophene rings is 2. The van der Waals surface area contributed by atoms with Gasteiger partial charge in [0.05, 0.1) is 20.9 Å². The molecule has 0 saturated carbocycles. The molecule has 4 aliphatic rings. The lowest BCUT2D eigenvalue weighted by atomic mass is 9.88. The van der Waals surface area contributed by atoms with Crippen LogP contribution in [0.5, 0.6) is 0 Å². The van der Waals surface area contributed by atoms with Crippen LogP contribution in [0.25, 0.3) is 66.8 Å². The van der Waals surface area contributed by atoms with Gasteiger partial charge in [-0.05, 0) is 108 Å². The number of aromatic nitrogens is 1. The third-order valence-corrected chi connectivity index (χ3v) is 19.9. The minimum Gasteiger partial charge on any atom is -0.480 e. The van der Waals surface area contributed by atoms with E-state index in [1.54, 1.807) is 12.2 Å². The molecule has 11 rings (SSSR count). The number of halogens is 2. The van der Waals surface area contributed by atoms with Crippen molar-refractivity contribution in [2.24, 2.45) is 0 Å². The fourth-order valence-electron chi connectivity index (χ4n) is 11.1. The molecule has 0 aliphatic carbocycles. The van der Waals surface area contributed by atoms with Gasteiger partial charge in [-0.3, -0.25) is 29.0 Å². The number of carbonyl (C=O) groups excluding carboxylic acids is 2. The van der Waals surface area contributed by atoms with Crippen molar-refractivity contribution in [1.82, 2.24) is 14.3 Å². The number of benzene rings is 4. The number of carboxylic acid groups (broad SMARTS) is 2. The van der Waals surface area contributed by atoms with Crippen LogP contribution in [0.2, 0.25) is 0 Å². The van der Waals surface area contributed by atoms with Gasteiger partial charge in [-0.1, -0.05) is 167 Å². The van der Waals surface area contributed by atoms with Crippen LogP contribution in [0.4, 0.5) is 8.63 Å². The molecule has 7 aromatic rings. The Balaban J connectivity index is 1.08. The van der Waals surface area contributed by atoms with E-state index in [-0.39, 0.29) is 8.64 Å². The van der Waals surface area contributed by atoms with Crippen molar-refractivity contribution >= 4 is 150 Å². The number of hydrogen-bond donors (Lipinski definition) is 2. The molecular formula is C61H53BF2N4O6S6. The van der Waals surface area contributed by atoms with Crippen LogP contribution in [0.1, 0.15) is 108 Å². The first kappa shape index (κ1) is 55.3. The van der Waals surface area contributed by atoms with Gasteiger partial charge in [0, 0.05) is 53.3 Å². The molecule has 10 nitrogen and oxygen atoms in total. The number of unbranched alkanes of at least 4 members (excludes halogenated alkanes) is 6. The average Bonchev–Trinajstić information content (AvgIpc) is 4.48. The summed E-state index contributed by atoms with van der Waals surface area (Å²) in [6.45, 7) is -1.32. The van der Waals surface area contributed by atoms with Gasteiger partial charge in [0.15, 0.2) is 11.4 Å². The molecule has 0 atom stereocenters. The Hall–Kier alpha value is -6.61. The van der Waals surface area contributed by atoms with Crippen LogP contribution in [-0.2, 0) is 32.0 Å². The molecule has 0 unspecified atom stereocenters. The maximum Gasteiger partial charge on any atom is 0.737 e. The Kier molecular flexibility index (Phi) is 16.0. The van der Waals surface area contributed by atoms with Gasteiger partial charge in [0.25, 0.3) is 11.8 Å². The highest BCUT2D eigenvalue weighted by atomic mass is 32.2. The van der Waals surface area contributed by atoms with Gasteiger partial charge in [0.1, 0.15) is 21.7 Å². The number of aryl methyl sites for hydroxylation is 2. The molecule has 7 heterocycles. The summed E-state index contributed by atoms with van der Waals surface area (Å²) < 4.78 is 40.6. The number of carbonyl (C=O) groups is 4. The zero-order chi connectivity index (χ0) is 56.0. The molecule has 0 spiro atoms. The molecule has 3 aromatic heterocycles. The Morgan fingerprint density at radius 1 is 0.613 bits per heavy atom. The lowest BCUT2D eigenvalue weighted by Gasteiger charge is -2.31. The van der Waals surface area contributed by atoms with E-state index in [9.17, 15) is 29.4 Å². The van der Waals surface area contributed by atoms with Crippen molar-refractivity contribution in [1.29, 1.82) is 0 Å². The summed E-state index contributed by atoms with van der Waals surface area (Å²) in [5.74, 6) is -3.22. The highest BCUT2D eigenvalue weighted by Gasteiger charge is 2.56. The Labute approximate surface area is 489 Å². The SMILES string of the molecule is CCCCCCc1cc(/C=C2\SC(=S)N(CC(=O)O)C2=O)sc1-c1ccc2c(c1)C1=Cc3c4cc(-c5sc(/C=C6/SC(=S)N(CC(=O)O)C6=O)cc5CCCCCC)ccc4c(-c4ccccc4)n3[B-](F)(F)[N+]1=C2c1ccccc1. The van der Waals surface area contributed by atoms with Gasteiger partial charge in [-0.25, -0.2) is 0 Å². The van der Waals surface area contributed by atoms with Crippen molar-refractivity contribution in [3.05, 3.63) is 162 Å². The number of carboxylic acids is 2. The van der Waals surface area contributed by atoms with E-state index in [2.05, 4.69) is 26.0 Å². The van der Waals surface area contributed by atoms with Crippen LogP contribution in [0.3, 0.4) is 0 Å². The van der Waals surface area contributed by atoms with E-state index in [4.69, 9.17) is 24.4 Å². The third-order valence-electron chi connectivity index (χ3n) is 14.8. The van der Waals surface area contributed by atoms with Crippen molar-refractivity contribution in [3.8, 4) is 32.1 Å². The summed E-state index contributed by atoms with van der Waals surface area (Å²) in [7, 11) is 0. The average molecular weight is 1180 g/mol. The zero-order valence-electron chi connectivity index (χ0n) is 43.7. The van der Waals surface area contributed by atoms with Gasteiger partial charge < -0.3 is 27.8 Å². The van der Waals surface area contributed by atoms with Gasteiger partial charge in [0.2, 0.25) is 0 Å². The second-order valence-electron chi connectivity index (χ2n) is 20.1. The Morgan fingerprint density at radius 2 is 1.12 bits per heavy atom. The summed E-state index contributed by atoms with van der Waals surface area (Å²) in [5.41, 5.74) is 8.03. The van der Waals surface area contributed by atoms with E-state index >= 15 is 8.63 Å². The quantitative estimate of drug-likeness (QED) is 0.0330. The van der Waals surface area contributed by atoms with E-state index < -0.39 is 43.8 Å². The lowest BCUT2D eigenvalue weighted by Crippen LogP contribution is -2.50. The molecule has 2 saturated heterocycles. The van der Waals surface area contributed by atoms with Crippen molar-refractivity contribution in [2.45, 2.75) is 78.1 Å². The van der Waals surface area contributed by atoms with E-state index in [1.807, 2.05) is 103 Å². The summed E-state index contributed by atoms with van der Waals surface area (Å²) in [6.07, 6.45) is 15.2. The fraction of sp³-hybridized carbons (Fsp3) is 0.230. The first-order valence-electron chi connectivity index (χ1n) is 26.7. The normalized spacial score (nSPS) is 16.7. The summed E-state index contributed by atoms with van der Waals surface area (Å²) in [5, 5.41) is 20.3. The minimum absolute atomic E-state index is 0.187. The van der Waals surface area contributed by atoms with E-state index in [0.717, 1.165) is 139 Å². The van der Waals surface area contributed by atoms with Gasteiger partial charge >= 0.3 is 18.9 Å². The summed E-state index contributed by atoms with van der Waals surface area (Å²) in [4.78, 5) is 56.5. The number of thioether (sulfide) groups is 2. The van der Waals surface area contributed by atoms with Crippen LogP contribution in [-0.4, -0.2) is 87.1 Å². The van der Waals surface area contributed by atoms with Crippen molar-refractivity contribution in [3.63, 3.8) is 0 Å². The highest BCUT2D eigenvalue weighted by molar-refractivity contribution is 8.27. The second kappa shape index (κ2) is 23.1. The number of hydrogen-bond acceptors (Lipinski definition) is 10. The third kappa shape index (κ3) is 10.5. The predicted molar refractivity (Wildman–Crippen MR) is 332 cm³/mol. The molecule has 4 aliphatic heterocycles. The Morgan fingerprint density at radius 3 is 1.65 bits per heavy atom. The fourth-order valence-corrected chi connectivity index (χ4v) is 16.1. The van der Waals surface area contributed by atoms with Crippen molar-refractivity contribution in [2.75, 3.05) is 13.1 Å². The van der Waals surface area contributed by atoms with Crippen LogP contribution < -0.4 is 0 Å².